The van der Waals surface area contributed by atoms with Gasteiger partial charge in [-0.2, -0.15) is 0 Å². The SMILES string of the molecule is C=C(C)C(=O)OCCc1ccc2ccccc2c1C(=O)O. The molecule has 4 heteroatoms. The summed E-state index contributed by atoms with van der Waals surface area (Å²) in [6, 6.07) is 11.0. The molecule has 0 unspecified atom stereocenters. The van der Waals surface area contributed by atoms with Crippen molar-refractivity contribution in [1.82, 2.24) is 0 Å². The first-order chi connectivity index (χ1) is 10.0. The summed E-state index contributed by atoms with van der Waals surface area (Å²) >= 11 is 0. The third kappa shape index (κ3) is 3.28. The summed E-state index contributed by atoms with van der Waals surface area (Å²) < 4.78 is 5.02. The number of hydrogen-bond donors (Lipinski definition) is 1. The number of esters is 1. The van der Waals surface area contributed by atoms with Crippen LogP contribution < -0.4 is 0 Å². The van der Waals surface area contributed by atoms with E-state index in [2.05, 4.69) is 6.58 Å². The summed E-state index contributed by atoms with van der Waals surface area (Å²) in [5, 5.41) is 11.0. The largest absolute Gasteiger partial charge is 0.478 e. The van der Waals surface area contributed by atoms with Crippen molar-refractivity contribution >= 4 is 22.7 Å². The van der Waals surface area contributed by atoms with Gasteiger partial charge in [0.1, 0.15) is 0 Å². The summed E-state index contributed by atoms with van der Waals surface area (Å²) in [7, 11) is 0. The van der Waals surface area contributed by atoms with Crippen LogP contribution >= 0.6 is 0 Å². The van der Waals surface area contributed by atoms with Crippen LogP contribution in [0.15, 0.2) is 48.6 Å². The lowest BCUT2D eigenvalue weighted by Gasteiger charge is -2.10. The van der Waals surface area contributed by atoms with E-state index in [0.717, 1.165) is 5.39 Å². The maximum atomic E-state index is 11.5. The minimum absolute atomic E-state index is 0.129. The van der Waals surface area contributed by atoms with Gasteiger partial charge in [-0.3, -0.25) is 0 Å². The van der Waals surface area contributed by atoms with E-state index < -0.39 is 11.9 Å². The van der Waals surface area contributed by atoms with Crippen LogP contribution in [0.1, 0.15) is 22.8 Å². The van der Waals surface area contributed by atoms with Crippen LogP contribution in [0.4, 0.5) is 0 Å². The van der Waals surface area contributed by atoms with Gasteiger partial charge in [0.2, 0.25) is 0 Å². The number of carboxylic acid groups (broad SMARTS) is 1. The number of benzene rings is 2. The van der Waals surface area contributed by atoms with Gasteiger partial charge in [0.05, 0.1) is 12.2 Å². The first-order valence-electron chi connectivity index (χ1n) is 6.57. The normalized spacial score (nSPS) is 10.3. The van der Waals surface area contributed by atoms with Crippen LogP contribution in [0.2, 0.25) is 0 Å². The van der Waals surface area contributed by atoms with Crippen molar-refractivity contribution in [3.63, 3.8) is 0 Å². The summed E-state index contributed by atoms with van der Waals surface area (Å²) in [4.78, 5) is 22.8. The van der Waals surface area contributed by atoms with Gasteiger partial charge in [0, 0.05) is 12.0 Å². The maximum Gasteiger partial charge on any atom is 0.336 e. The first-order valence-corrected chi connectivity index (χ1v) is 6.57. The van der Waals surface area contributed by atoms with Crippen LogP contribution in [0.3, 0.4) is 0 Å². The van der Waals surface area contributed by atoms with Gasteiger partial charge in [-0.15, -0.1) is 0 Å². The molecule has 0 amide bonds. The van der Waals surface area contributed by atoms with E-state index in [1.54, 1.807) is 25.1 Å². The van der Waals surface area contributed by atoms with Crippen molar-refractivity contribution in [2.45, 2.75) is 13.3 Å². The maximum absolute atomic E-state index is 11.5. The van der Waals surface area contributed by atoms with Crippen LogP contribution in [0.25, 0.3) is 10.8 Å². The molecule has 4 nitrogen and oxygen atoms in total. The molecule has 0 aliphatic heterocycles. The average Bonchev–Trinajstić information content (AvgIpc) is 2.46. The second-order valence-electron chi connectivity index (χ2n) is 4.79. The van der Waals surface area contributed by atoms with Crippen LogP contribution in [-0.2, 0) is 16.0 Å². The van der Waals surface area contributed by atoms with Gasteiger partial charge in [0.25, 0.3) is 0 Å². The number of hydrogen-bond acceptors (Lipinski definition) is 3. The third-order valence-corrected chi connectivity index (χ3v) is 3.18. The number of carbonyl (C=O) groups is 2. The number of carbonyl (C=O) groups excluding carboxylic acids is 1. The summed E-state index contributed by atoms with van der Waals surface area (Å²) in [6.45, 7) is 5.20. The van der Waals surface area contributed by atoms with Gasteiger partial charge in [-0.1, -0.05) is 43.0 Å². The zero-order valence-electron chi connectivity index (χ0n) is 11.8. The van der Waals surface area contributed by atoms with Gasteiger partial charge >= 0.3 is 11.9 Å². The van der Waals surface area contributed by atoms with E-state index >= 15 is 0 Å². The van der Waals surface area contributed by atoms with Gasteiger partial charge in [-0.25, -0.2) is 9.59 Å². The molecule has 108 valence electrons. The number of ether oxygens (including phenoxy) is 1. The molecule has 0 atom stereocenters. The van der Waals surface area contributed by atoms with Crippen molar-refractivity contribution in [3.8, 4) is 0 Å². The summed E-state index contributed by atoms with van der Waals surface area (Å²) in [6.07, 6.45) is 0.353. The van der Waals surface area contributed by atoms with Crippen molar-refractivity contribution in [3.05, 3.63) is 59.7 Å². The molecule has 0 saturated heterocycles. The molecule has 1 N–H and O–H groups in total. The summed E-state index contributed by atoms with van der Waals surface area (Å²) in [5.41, 5.74) is 1.24. The Morgan fingerprint density at radius 2 is 1.90 bits per heavy atom. The fourth-order valence-corrected chi connectivity index (χ4v) is 2.15. The molecule has 0 spiro atoms. The minimum atomic E-state index is -0.979. The van der Waals surface area contributed by atoms with Gasteiger partial charge in [0.15, 0.2) is 0 Å². The van der Waals surface area contributed by atoms with E-state index in [4.69, 9.17) is 4.74 Å². The van der Waals surface area contributed by atoms with E-state index in [1.807, 2.05) is 18.2 Å². The minimum Gasteiger partial charge on any atom is -0.478 e. The Morgan fingerprint density at radius 1 is 1.19 bits per heavy atom. The Balaban J connectivity index is 2.27. The molecule has 0 aliphatic rings. The molecular formula is C17H16O4. The van der Waals surface area contributed by atoms with Crippen molar-refractivity contribution in [2.75, 3.05) is 6.61 Å². The molecular weight excluding hydrogens is 268 g/mol. The smallest absolute Gasteiger partial charge is 0.336 e. The van der Waals surface area contributed by atoms with Crippen molar-refractivity contribution < 1.29 is 19.4 Å². The predicted octanol–water partition coefficient (Wildman–Crippen LogP) is 3.20. The number of fused-ring (bicyclic) bond motifs is 1. The predicted molar refractivity (Wildman–Crippen MR) is 80.4 cm³/mol. The molecule has 0 aromatic heterocycles. The zero-order chi connectivity index (χ0) is 15.4. The topological polar surface area (TPSA) is 63.6 Å². The highest BCUT2D eigenvalue weighted by molar-refractivity contribution is 6.05. The second-order valence-corrected chi connectivity index (χ2v) is 4.79. The lowest BCUT2D eigenvalue weighted by atomic mass is 9.97. The van der Waals surface area contributed by atoms with Crippen LogP contribution in [-0.4, -0.2) is 23.7 Å². The average molecular weight is 284 g/mol. The van der Waals surface area contributed by atoms with E-state index in [1.165, 1.54) is 0 Å². The Kier molecular flexibility index (Phi) is 4.38. The molecule has 0 fully saturated rings. The van der Waals surface area contributed by atoms with Gasteiger partial charge in [-0.05, 0) is 23.3 Å². The number of aromatic carboxylic acids is 1. The van der Waals surface area contributed by atoms with Crippen molar-refractivity contribution in [2.24, 2.45) is 0 Å². The molecule has 0 aliphatic carbocycles. The Hall–Kier alpha value is -2.62. The number of rotatable bonds is 5. The van der Waals surface area contributed by atoms with Crippen LogP contribution in [0.5, 0.6) is 0 Å². The lowest BCUT2D eigenvalue weighted by molar-refractivity contribution is -0.138. The molecule has 2 aromatic carbocycles. The molecule has 0 heterocycles. The van der Waals surface area contributed by atoms with Crippen LogP contribution in [0, 0.1) is 0 Å². The third-order valence-electron chi connectivity index (χ3n) is 3.18. The number of carboxylic acids is 1. The van der Waals surface area contributed by atoms with Gasteiger partial charge < -0.3 is 9.84 Å². The highest BCUT2D eigenvalue weighted by atomic mass is 16.5. The van der Waals surface area contributed by atoms with E-state index in [0.29, 0.717) is 22.9 Å². The molecule has 2 rings (SSSR count). The highest BCUT2D eigenvalue weighted by Gasteiger charge is 2.14. The Labute approximate surface area is 122 Å². The monoisotopic (exact) mass is 284 g/mol. The molecule has 0 saturated carbocycles. The molecule has 0 bridgehead atoms. The molecule has 21 heavy (non-hydrogen) atoms. The lowest BCUT2D eigenvalue weighted by Crippen LogP contribution is -2.11. The van der Waals surface area contributed by atoms with Crippen molar-refractivity contribution in [1.29, 1.82) is 0 Å². The Bertz CT molecular complexity index is 716. The second kappa shape index (κ2) is 6.22. The fraction of sp³-hybridized carbons (Fsp3) is 0.176. The molecule has 2 aromatic rings. The standard InChI is InChI=1S/C17H16O4/c1-11(2)17(20)21-10-9-13-8-7-12-5-3-4-6-14(12)15(13)16(18)19/h3-8H,1,9-10H2,2H3,(H,18,19). The van der Waals surface area contributed by atoms with E-state index in [9.17, 15) is 14.7 Å². The Morgan fingerprint density at radius 3 is 2.57 bits per heavy atom. The van der Waals surface area contributed by atoms with E-state index in [-0.39, 0.29) is 12.2 Å². The first kappa shape index (κ1) is 14.8. The highest BCUT2D eigenvalue weighted by Crippen LogP contribution is 2.23. The molecule has 0 radical (unpaired) electrons. The summed E-state index contributed by atoms with van der Waals surface area (Å²) in [5.74, 6) is -1.44. The zero-order valence-corrected chi connectivity index (χ0v) is 11.8. The quantitative estimate of drug-likeness (QED) is 0.676. The fourth-order valence-electron chi connectivity index (χ4n) is 2.15.